The van der Waals surface area contributed by atoms with E-state index >= 15 is 0 Å². The van der Waals surface area contributed by atoms with Crippen molar-refractivity contribution in [2.45, 2.75) is 49.8 Å². The molecule has 1 aliphatic heterocycles. The molecule has 1 amide bonds. The van der Waals surface area contributed by atoms with Gasteiger partial charge < -0.3 is 10.0 Å². The standard InChI is InChI=1S/C17H23NO3S/c1-11(2)15(22-13-7-4-6-12(3)10-13)16(19)18-9-5-8-14(18)17(20)21/h4,6-7,10-11,14-15H,5,8-9H2,1-3H3,(H,20,21). The summed E-state index contributed by atoms with van der Waals surface area (Å²) in [5.74, 6) is -0.798. The molecule has 1 heterocycles. The van der Waals surface area contributed by atoms with Gasteiger partial charge in [-0.2, -0.15) is 0 Å². The maximum atomic E-state index is 12.8. The van der Waals surface area contributed by atoms with Crippen molar-refractivity contribution in [3.63, 3.8) is 0 Å². The van der Waals surface area contributed by atoms with Crippen molar-refractivity contribution in [3.05, 3.63) is 29.8 Å². The van der Waals surface area contributed by atoms with Gasteiger partial charge in [0.2, 0.25) is 5.91 Å². The minimum atomic E-state index is -0.895. The van der Waals surface area contributed by atoms with Gasteiger partial charge >= 0.3 is 5.97 Å². The Labute approximate surface area is 135 Å². The average molecular weight is 321 g/mol. The molecule has 2 atom stereocenters. The predicted octanol–water partition coefficient (Wildman–Crippen LogP) is 3.19. The monoisotopic (exact) mass is 321 g/mol. The molecule has 22 heavy (non-hydrogen) atoms. The Morgan fingerprint density at radius 1 is 1.36 bits per heavy atom. The smallest absolute Gasteiger partial charge is 0.326 e. The normalized spacial score (nSPS) is 19.5. The first-order valence-electron chi connectivity index (χ1n) is 7.66. The SMILES string of the molecule is Cc1cccc(SC(C(=O)N2CCCC2C(=O)O)C(C)C)c1. The van der Waals surface area contributed by atoms with Gasteiger partial charge in [-0.05, 0) is 37.8 Å². The zero-order valence-electron chi connectivity index (χ0n) is 13.3. The molecule has 2 rings (SSSR count). The Balaban J connectivity index is 2.17. The number of benzene rings is 1. The molecule has 0 radical (unpaired) electrons. The Morgan fingerprint density at radius 2 is 2.09 bits per heavy atom. The molecule has 1 aliphatic rings. The van der Waals surface area contributed by atoms with E-state index in [0.29, 0.717) is 13.0 Å². The number of carboxylic acids is 1. The Morgan fingerprint density at radius 3 is 2.68 bits per heavy atom. The number of carbonyl (C=O) groups is 2. The second kappa shape index (κ2) is 7.18. The van der Waals surface area contributed by atoms with Gasteiger partial charge in [0.15, 0.2) is 0 Å². The summed E-state index contributed by atoms with van der Waals surface area (Å²) in [5, 5.41) is 9.03. The molecule has 0 spiro atoms. The number of aliphatic carboxylic acids is 1. The van der Waals surface area contributed by atoms with Crippen molar-refractivity contribution >= 4 is 23.6 Å². The van der Waals surface area contributed by atoms with Gasteiger partial charge in [-0.3, -0.25) is 4.79 Å². The number of thioether (sulfide) groups is 1. The molecule has 1 N–H and O–H groups in total. The largest absolute Gasteiger partial charge is 0.480 e. The summed E-state index contributed by atoms with van der Waals surface area (Å²) >= 11 is 1.54. The third-order valence-corrected chi connectivity index (χ3v) is 5.45. The van der Waals surface area contributed by atoms with E-state index in [0.717, 1.165) is 16.9 Å². The quantitative estimate of drug-likeness (QED) is 0.846. The lowest BCUT2D eigenvalue weighted by Crippen LogP contribution is -2.45. The predicted molar refractivity (Wildman–Crippen MR) is 88.0 cm³/mol. The van der Waals surface area contributed by atoms with Crippen LogP contribution in [0.15, 0.2) is 29.2 Å². The fourth-order valence-electron chi connectivity index (χ4n) is 2.76. The first kappa shape index (κ1) is 16.9. The summed E-state index contributed by atoms with van der Waals surface area (Å²) in [4.78, 5) is 26.7. The lowest BCUT2D eigenvalue weighted by Gasteiger charge is -2.28. The molecule has 1 aromatic carbocycles. The van der Waals surface area contributed by atoms with Gasteiger partial charge in [0.1, 0.15) is 6.04 Å². The molecule has 0 aromatic heterocycles. The van der Waals surface area contributed by atoms with Crippen LogP contribution < -0.4 is 0 Å². The van der Waals surface area contributed by atoms with Gasteiger partial charge in [-0.15, -0.1) is 11.8 Å². The number of aryl methyl sites for hydroxylation is 1. The van der Waals surface area contributed by atoms with Crippen LogP contribution in [0.2, 0.25) is 0 Å². The number of hydrogen-bond donors (Lipinski definition) is 1. The molecular formula is C17H23NO3S. The van der Waals surface area contributed by atoms with Gasteiger partial charge in [-0.1, -0.05) is 31.5 Å². The van der Waals surface area contributed by atoms with Crippen molar-refractivity contribution in [1.82, 2.24) is 4.90 Å². The average Bonchev–Trinajstić information content (AvgIpc) is 2.93. The number of rotatable bonds is 5. The van der Waals surface area contributed by atoms with E-state index in [9.17, 15) is 14.7 Å². The van der Waals surface area contributed by atoms with E-state index < -0.39 is 12.0 Å². The third-order valence-electron chi connectivity index (χ3n) is 3.92. The zero-order chi connectivity index (χ0) is 16.3. The minimum Gasteiger partial charge on any atom is -0.480 e. The molecular weight excluding hydrogens is 298 g/mol. The van der Waals surface area contributed by atoms with Crippen LogP contribution in [0.4, 0.5) is 0 Å². The number of amides is 1. The molecule has 0 bridgehead atoms. The van der Waals surface area contributed by atoms with Crippen LogP contribution in [0.1, 0.15) is 32.3 Å². The summed E-state index contributed by atoms with van der Waals surface area (Å²) in [6.07, 6.45) is 1.32. The highest BCUT2D eigenvalue weighted by Crippen LogP contribution is 2.32. The third kappa shape index (κ3) is 3.83. The van der Waals surface area contributed by atoms with Crippen molar-refractivity contribution in [1.29, 1.82) is 0 Å². The lowest BCUT2D eigenvalue weighted by molar-refractivity contribution is -0.148. The topological polar surface area (TPSA) is 57.6 Å². The van der Waals surface area contributed by atoms with E-state index in [1.54, 1.807) is 4.90 Å². The first-order chi connectivity index (χ1) is 10.4. The number of nitrogens with zero attached hydrogens (tertiary/aromatic N) is 1. The molecule has 4 nitrogen and oxygen atoms in total. The molecule has 5 heteroatoms. The molecule has 1 saturated heterocycles. The van der Waals surface area contributed by atoms with Gasteiger partial charge in [0.25, 0.3) is 0 Å². The van der Waals surface area contributed by atoms with E-state index in [4.69, 9.17) is 0 Å². The van der Waals surface area contributed by atoms with Crippen LogP contribution in [-0.4, -0.2) is 39.7 Å². The van der Waals surface area contributed by atoms with E-state index in [2.05, 4.69) is 6.07 Å². The summed E-state index contributed by atoms with van der Waals surface area (Å²) < 4.78 is 0. The molecule has 1 fully saturated rings. The van der Waals surface area contributed by atoms with Crippen LogP contribution >= 0.6 is 11.8 Å². The van der Waals surface area contributed by atoms with Gasteiger partial charge in [-0.25, -0.2) is 4.79 Å². The van der Waals surface area contributed by atoms with Crippen molar-refractivity contribution in [3.8, 4) is 0 Å². The van der Waals surface area contributed by atoms with Gasteiger partial charge in [0, 0.05) is 11.4 Å². The maximum Gasteiger partial charge on any atom is 0.326 e. The number of likely N-dealkylation sites (tertiary alicyclic amines) is 1. The Bertz CT molecular complexity index is 559. The van der Waals surface area contributed by atoms with Crippen molar-refractivity contribution in [2.75, 3.05) is 6.54 Å². The summed E-state index contributed by atoms with van der Waals surface area (Å²) in [6.45, 7) is 6.60. The Kier molecular flexibility index (Phi) is 5.51. The van der Waals surface area contributed by atoms with E-state index in [1.807, 2.05) is 39.0 Å². The maximum absolute atomic E-state index is 12.8. The molecule has 2 unspecified atom stereocenters. The van der Waals surface area contributed by atoms with Crippen LogP contribution in [0.3, 0.4) is 0 Å². The fraction of sp³-hybridized carbons (Fsp3) is 0.529. The second-order valence-corrected chi connectivity index (χ2v) is 7.34. The summed E-state index contributed by atoms with van der Waals surface area (Å²) in [6, 6.07) is 7.41. The lowest BCUT2D eigenvalue weighted by atomic mass is 10.1. The zero-order valence-corrected chi connectivity index (χ0v) is 14.1. The fourth-order valence-corrected chi connectivity index (χ4v) is 3.97. The van der Waals surface area contributed by atoms with E-state index in [-0.39, 0.29) is 17.1 Å². The molecule has 120 valence electrons. The summed E-state index contributed by atoms with van der Waals surface area (Å²) in [7, 11) is 0. The molecule has 0 saturated carbocycles. The highest BCUT2D eigenvalue weighted by Gasteiger charge is 2.38. The highest BCUT2D eigenvalue weighted by molar-refractivity contribution is 8.00. The van der Waals surface area contributed by atoms with E-state index in [1.165, 1.54) is 11.8 Å². The van der Waals surface area contributed by atoms with Crippen molar-refractivity contribution in [2.24, 2.45) is 5.92 Å². The first-order valence-corrected chi connectivity index (χ1v) is 8.54. The minimum absolute atomic E-state index is 0.0496. The highest BCUT2D eigenvalue weighted by atomic mass is 32.2. The van der Waals surface area contributed by atoms with Crippen molar-refractivity contribution < 1.29 is 14.7 Å². The molecule has 0 aliphatic carbocycles. The number of carbonyl (C=O) groups excluding carboxylic acids is 1. The summed E-state index contributed by atoms with van der Waals surface area (Å²) in [5.41, 5.74) is 1.16. The van der Waals surface area contributed by atoms with Crippen LogP contribution in [0.25, 0.3) is 0 Å². The van der Waals surface area contributed by atoms with Gasteiger partial charge in [0.05, 0.1) is 5.25 Å². The van der Waals surface area contributed by atoms with Crippen LogP contribution in [0, 0.1) is 12.8 Å². The molecule has 1 aromatic rings. The number of hydrogen-bond acceptors (Lipinski definition) is 3. The van der Waals surface area contributed by atoms with Crippen LogP contribution in [0.5, 0.6) is 0 Å². The number of carboxylic acid groups (broad SMARTS) is 1. The van der Waals surface area contributed by atoms with Crippen LogP contribution in [-0.2, 0) is 9.59 Å². The second-order valence-electron chi connectivity index (χ2n) is 6.13. The Hall–Kier alpha value is -1.49.